The van der Waals surface area contributed by atoms with Crippen molar-refractivity contribution in [3.05, 3.63) is 11.6 Å². The Labute approximate surface area is 144 Å². The number of fused-ring (bicyclic) bond motifs is 4. The zero-order valence-corrected chi connectivity index (χ0v) is 15.1. The molecule has 0 amide bonds. The molecule has 3 nitrogen and oxygen atoms in total. The van der Waals surface area contributed by atoms with Crippen molar-refractivity contribution in [2.75, 3.05) is 0 Å². The van der Waals surface area contributed by atoms with E-state index in [4.69, 9.17) is 4.74 Å². The minimum atomic E-state index is -0.425. The minimum absolute atomic E-state index is 0.123. The third-order valence-corrected chi connectivity index (χ3v) is 8.68. The van der Waals surface area contributed by atoms with Gasteiger partial charge in [-0.2, -0.15) is 0 Å². The lowest BCUT2D eigenvalue weighted by Crippen LogP contribution is -2.52. The first-order chi connectivity index (χ1) is 11.3. The smallest absolute Gasteiger partial charge is 0.164 e. The Balaban J connectivity index is 1.53. The van der Waals surface area contributed by atoms with Crippen LogP contribution in [0.4, 0.5) is 0 Å². The van der Waals surface area contributed by atoms with Gasteiger partial charge in [-0.1, -0.05) is 19.4 Å². The standard InChI is InChI=1S/C21H28O3/c1-12-10-15-16(19(3)7-4-14(23)11-18(12)19)5-9-21-17(15)6-8-20(21,24-21)13(2)22/h11-12,15-17H,4-10H2,1-3H3/t12-,15+,16-,17-,19+,20-,21+/m0/s1. The summed E-state index contributed by atoms with van der Waals surface area (Å²) < 4.78 is 6.25. The molecule has 1 heterocycles. The van der Waals surface area contributed by atoms with E-state index in [2.05, 4.69) is 13.8 Å². The molecule has 0 radical (unpaired) electrons. The summed E-state index contributed by atoms with van der Waals surface area (Å²) in [7, 11) is 0. The van der Waals surface area contributed by atoms with Crippen molar-refractivity contribution in [3.63, 3.8) is 0 Å². The van der Waals surface area contributed by atoms with Gasteiger partial charge in [-0.05, 0) is 80.6 Å². The van der Waals surface area contributed by atoms with Crippen molar-refractivity contribution in [3.8, 4) is 0 Å². The molecule has 1 aliphatic heterocycles. The van der Waals surface area contributed by atoms with Crippen LogP contribution in [-0.4, -0.2) is 22.8 Å². The average molecular weight is 328 g/mol. The van der Waals surface area contributed by atoms with Crippen LogP contribution in [0.3, 0.4) is 0 Å². The van der Waals surface area contributed by atoms with Crippen molar-refractivity contribution in [1.29, 1.82) is 0 Å². The number of carbonyl (C=O) groups is 2. The van der Waals surface area contributed by atoms with Crippen LogP contribution in [0, 0.1) is 29.1 Å². The Morgan fingerprint density at radius 1 is 1.21 bits per heavy atom. The van der Waals surface area contributed by atoms with Crippen molar-refractivity contribution < 1.29 is 14.3 Å². The maximum atomic E-state index is 12.2. The Kier molecular flexibility index (Phi) is 2.81. The molecule has 0 bridgehead atoms. The van der Waals surface area contributed by atoms with Gasteiger partial charge in [-0.3, -0.25) is 9.59 Å². The molecule has 5 rings (SSSR count). The van der Waals surface area contributed by atoms with Gasteiger partial charge >= 0.3 is 0 Å². The van der Waals surface area contributed by atoms with E-state index < -0.39 is 5.60 Å². The first-order valence-electron chi connectivity index (χ1n) is 9.80. The van der Waals surface area contributed by atoms with Crippen molar-refractivity contribution in [2.45, 2.75) is 76.9 Å². The van der Waals surface area contributed by atoms with Gasteiger partial charge in [0.2, 0.25) is 0 Å². The molecule has 3 saturated carbocycles. The monoisotopic (exact) mass is 328 g/mol. The van der Waals surface area contributed by atoms with Crippen LogP contribution in [0.5, 0.6) is 0 Å². The van der Waals surface area contributed by atoms with Gasteiger partial charge in [0.25, 0.3) is 0 Å². The van der Waals surface area contributed by atoms with Gasteiger partial charge in [-0.15, -0.1) is 0 Å². The fraction of sp³-hybridized carbons (Fsp3) is 0.810. The maximum Gasteiger partial charge on any atom is 0.164 e. The Hall–Kier alpha value is -0.960. The fourth-order valence-corrected chi connectivity index (χ4v) is 7.62. The number of hydrogen-bond acceptors (Lipinski definition) is 3. The molecule has 130 valence electrons. The van der Waals surface area contributed by atoms with Crippen LogP contribution in [0.1, 0.15) is 65.7 Å². The number of carbonyl (C=O) groups excluding carboxylic acids is 2. The summed E-state index contributed by atoms with van der Waals surface area (Å²) in [6.45, 7) is 6.44. The number of Topliss-reactive ketones (excluding diaryl/α,β-unsaturated/α-hetero) is 1. The van der Waals surface area contributed by atoms with Gasteiger partial charge in [0.1, 0.15) is 5.60 Å². The second-order valence-electron chi connectivity index (χ2n) is 9.45. The number of ether oxygens (including phenoxy) is 1. The van der Waals surface area contributed by atoms with E-state index in [0.717, 1.165) is 32.1 Å². The minimum Gasteiger partial charge on any atom is -0.354 e. The number of hydrogen-bond donors (Lipinski definition) is 0. The summed E-state index contributed by atoms with van der Waals surface area (Å²) in [6, 6.07) is 0. The van der Waals surface area contributed by atoms with E-state index in [-0.39, 0.29) is 16.8 Å². The van der Waals surface area contributed by atoms with E-state index >= 15 is 0 Å². The van der Waals surface area contributed by atoms with Gasteiger partial charge in [-0.25, -0.2) is 0 Å². The van der Waals surface area contributed by atoms with E-state index in [1.54, 1.807) is 6.92 Å². The Morgan fingerprint density at radius 3 is 2.67 bits per heavy atom. The Morgan fingerprint density at radius 2 is 1.96 bits per heavy atom. The molecule has 0 aromatic heterocycles. The average Bonchev–Trinajstić information content (AvgIpc) is 3.07. The summed E-state index contributed by atoms with van der Waals surface area (Å²) in [5.74, 6) is 2.94. The van der Waals surface area contributed by atoms with Crippen LogP contribution >= 0.6 is 0 Å². The number of allylic oxidation sites excluding steroid dienone is 1. The molecule has 0 aromatic carbocycles. The SMILES string of the molecule is CC(=O)[C@@]12CC[C@H]3[C@@H]4C[C@H](C)C5=CC(=O)CC[C@]5(C)[C@H]4CC[C@@]31O2. The summed E-state index contributed by atoms with van der Waals surface area (Å²) >= 11 is 0. The lowest BCUT2D eigenvalue weighted by atomic mass is 9.47. The van der Waals surface area contributed by atoms with Gasteiger partial charge in [0.05, 0.1) is 0 Å². The predicted octanol–water partition coefficient (Wildman–Crippen LogP) is 3.85. The second kappa shape index (κ2) is 4.41. The lowest BCUT2D eigenvalue weighted by Gasteiger charge is -2.57. The van der Waals surface area contributed by atoms with Gasteiger partial charge in [0.15, 0.2) is 17.2 Å². The topological polar surface area (TPSA) is 46.7 Å². The van der Waals surface area contributed by atoms with E-state index in [1.165, 1.54) is 12.0 Å². The normalized spacial score (nSPS) is 55.0. The van der Waals surface area contributed by atoms with E-state index in [1.807, 2.05) is 6.08 Å². The first kappa shape index (κ1) is 15.3. The summed E-state index contributed by atoms with van der Waals surface area (Å²) in [5.41, 5.74) is 1.06. The van der Waals surface area contributed by atoms with Gasteiger partial charge < -0.3 is 4.74 Å². The largest absolute Gasteiger partial charge is 0.354 e. The summed E-state index contributed by atoms with van der Waals surface area (Å²) in [4.78, 5) is 24.2. The third kappa shape index (κ3) is 1.54. The lowest BCUT2D eigenvalue weighted by molar-refractivity contribution is -0.122. The zero-order chi connectivity index (χ0) is 16.9. The summed E-state index contributed by atoms with van der Waals surface area (Å²) in [6.07, 6.45) is 9.17. The predicted molar refractivity (Wildman–Crippen MR) is 90.4 cm³/mol. The number of epoxide rings is 1. The fourth-order valence-electron chi connectivity index (χ4n) is 7.62. The van der Waals surface area contributed by atoms with Crippen LogP contribution < -0.4 is 0 Å². The maximum absolute atomic E-state index is 12.2. The summed E-state index contributed by atoms with van der Waals surface area (Å²) in [5, 5.41) is 0. The highest BCUT2D eigenvalue weighted by molar-refractivity contribution is 5.92. The van der Waals surface area contributed by atoms with Crippen LogP contribution in [0.15, 0.2) is 11.6 Å². The molecular formula is C21H28O3. The molecule has 0 N–H and O–H groups in total. The molecule has 1 saturated heterocycles. The third-order valence-electron chi connectivity index (χ3n) is 8.68. The molecule has 3 heteroatoms. The van der Waals surface area contributed by atoms with E-state index in [9.17, 15) is 9.59 Å². The van der Waals surface area contributed by atoms with Crippen LogP contribution in [-0.2, 0) is 14.3 Å². The number of ketones is 2. The highest BCUT2D eigenvalue weighted by atomic mass is 16.6. The van der Waals surface area contributed by atoms with Crippen molar-refractivity contribution in [1.82, 2.24) is 0 Å². The quantitative estimate of drug-likeness (QED) is 0.687. The molecule has 5 aliphatic rings. The van der Waals surface area contributed by atoms with Gasteiger partial charge in [0, 0.05) is 6.42 Å². The molecule has 4 aliphatic carbocycles. The molecule has 7 atom stereocenters. The number of rotatable bonds is 1. The molecule has 0 unspecified atom stereocenters. The van der Waals surface area contributed by atoms with Crippen molar-refractivity contribution >= 4 is 11.6 Å². The molecule has 0 aromatic rings. The van der Waals surface area contributed by atoms with Crippen LogP contribution in [0.25, 0.3) is 0 Å². The first-order valence-corrected chi connectivity index (χ1v) is 9.80. The Bertz CT molecular complexity index is 679. The van der Waals surface area contributed by atoms with Crippen molar-refractivity contribution in [2.24, 2.45) is 29.1 Å². The van der Waals surface area contributed by atoms with E-state index in [0.29, 0.717) is 35.9 Å². The molecular weight excluding hydrogens is 300 g/mol. The molecule has 4 fully saturated rings. The highest BCUT2D eigenvalue weighted by Gasteiger charge is 2.81. The highest BCUT2D eigenvalue weighted by Crippen LogP contribution is 2.73. The zero-order valence-electron chi connectivity index (χ0n) is 15.1. The molecule has 1 spiro atoms. The van der Waals surface area contributed by atoms with Crippen LogP contribution in [0.2, 0.25) is 0 Å². The second-order valence-corrected chi connectivity index (χ2v) is 9.45. The molecule has 24 heavy (non-hydrogen) atoms.